The Morgan fingerprint density at radius 2 is 1.04 bits per heavy atom. The number of aromatic nitrogens is 4. The van der Waals surface area contributed by atoms with Gasteiger partial charge in [-0.3, -0.25) is 0 Å². The number of allylic oxidation sites excluding steroid dienone is 1. The van der Waals surface area contributed by atoms with Crippen molar-refractivity contribution in [2.24, 2.45) is 0 Å². The van der Waals surface area contributed by atoms with E-state index >= 15 is 0 Å². The van der Waals surface area contributed by atoms with Crippen LogP contribution >= 0.6 is 0 Å². The van der Waals surface area contributed by atoms with Crippen LogP contribution in [0.15, 0.2) is 158 Å². The second-order valence-electron chi connectivity index (χ2n) is 13.2. The number of hydrogen-bond acceptors (Lipinski definition) is 4. The molecule has 1 aliphatic rings. The van der Waals surface area contributed by atoms with Gasteiger partial charge in [0.1, 0.15) is 0 Å². The minimum atomic E-state index is 0.645. The molecule has 0 fully saturated rings. The van der Waals surface area contributed by atoms with Crippen molar-refractivity contribution in [3.8, 4) is 39.9 Å². The molecule has 0 radical (unpaired) electrons. The number of hydrogen-bond donors (Lipinski definition) is 0. The summed E-state index contributed by atoms with van der Waals surface area (Å²) < 4.78 is 2.39. The first-order chi connectivity index (χ1) is 25.2. The van der Waals surface area contributed by atoms with Crippen molar-refractivity contribution in [3.05, 3.63) is 164 Å². The van der Waals surface area contributed by atoms with Crippen molar-refractivity contribution in [2.45, 2.75) is 25.7 Å². The molecule has 0 saturated heterocycles. The van der Waals surface area contributed by atoms with E-state index in [0.29, 0.717) is 17.5 Å². The molecule has 0 atom stereocenters. The van der Waals surface area contributed by atoms with Crippen LogP contribution in [-0.2, 0) is 0 Å². The van der Waals surface area contributed by atoms with Gasteiger partial charge in [-0.05, 0) is 79.4 Å². The van der Waals surface area contributed by atoms with Crippen molar-refractivity contribution in [2.75, 3.05) is 11.4 Å². The summed E-state index contributed by atoms with van der Waals surface area (Å²) in [7, 11) is 0. The smallest absolute Gasteiger partial charge is 0.164 e. The average Bonchev–Trinajstić information content (AvgIpc) is 3.55. The van der Waals surface area contributed by atoms with Crippen LogP contribution in [0.4, 0.5) is 11.4 Å². The zero-order valence-corrected chi connectivity index (χ0v) is 28.4. The highest BCUT2D eigenvalue weighted by atomic mass is 15.1. The van der Waals surface area contributed by atoms with Crippen molar-refractivity contribution in [3.63, 3.8) is 0 Å². The van der Waals surface area contributed by atoms with Gasteiger partial charge in [0, 0.05) is 56.6 Å². The average molecular weight is 660 g/mol. The molecule has 3 heterocycles. The lowest BCUT2D eigenvalue weighted by Crippen LogP contribution is -2.19. The topological polar surface area (TPSA) is 46.8 Å². The Labute approximate surface area is 298 Å². The molecule has 0 amide bonds. The first-order valence-electron chi connectivity index (χ1n) is 17.8. The Morgan fingerprint density at radius 1 is 0.471 bits per heavy atom. The van der Waals surface area contributed by atoms with Crippen LogP contribution < -0.4 is 4.90 Å². The van der Waals surface area contributed by atoms with Gasteiger partial charge < -0.3 is 9.47 Å². The van der Waals surface area contributed by atoms with Gasteiger partial charge in [-0.15, -0.1) is 0 Å². The van der Waals surface area contributed by atoms with Gasteiger partial charge in [0.2, 0.25) is 0 Å². The Balaban J connectivity index is 1.19. The van der Waals surface area contributed by atoms with Gasteiger partial charge in [0.15, 0.2) is 17.5 Å². The first-order valence-corrected chi connectivity index (χ1v) is 17.8. The molecule has 5 nitrogen and oxygen atoms in total. The third-order valence-corrected chi connectivity index (χ3v) is 9.97. The Kier molecular flexibility index (Phi) is 7.94. The molecule has 8 aromatic rings. The second kappa shape index (κ2) is 13.2. The van der Waals surface area contributed by atoms with Crippen LogP contribution in [0.3, 0.4) is 0 Å². The molecule has 0 saturated carbocycles. The highest BCUT2D eigenvalue weighted by Crippen LogP contribution is 2.42. The Bertz CT molecular complexity index is 2440. The number of benzene rings is 6. The molecular formula is C46H37N5. The van der Waals surface area contributed by atoms with Gasteiger partial charge in [-0.1, -0.05) is 110 Å². The van der Waals surface area contributed by atoms with Crippen LogP contribution in [0.25, 0.3) is 67.2 Å². The summed E-state index contributed by atoms with van der Waals surface area (Å²) in [5, 5.41) is 2.47. The van der Waals surface area contributed by atoms with E-state index in [2.05, 4.69) is 107 Å². The van der Waals surface area contributed by atoms with E-state index in [4.69, 9.17) is 15.0 Å². The number of fused-ring (bicyclic) bond motifs is 4. The molecule has 51 heavy (non-hydrogen) atoms. The SMILES string of the molecule is C=C1CCCCCN(c2ccccc2)c2cc3c4ccccc4n(-c4ccc(-c5nc(-c6ccccc6)nc(-c6ccccc6)n5)cc4)c3cc21. The maximum absolute atomic E-state index is 4.96. The van der Waals surface area contributed by atoms with Gasteiger partial charge >= 0.3 is 0 Å². The van der Waals surface area contributed by atoms with Crippen LogP contribution in [-0.4, -0.2) is 26.1 Å². The fraction of sp³-hybridized carbons (Fsp3) is 0.109. The largest absolute Gasteiger partial charge is 0.341 e. The van der Waals surface area contributed by atoms with Gasteiger partial charge in [-0.25, -0.2) is 15.0 Å². The summed E-state index contributed by atoms with van der Waals surface area (Å²) in [6, 6.07) is 53.1. The summed E-state index contributed by atoms with van der Waals surface area (Å²) in [5.41, 5.74) is 11.1. The number of anilines is 2. The van der Waals surface area contributed by atoms with Crippen molar-refractivity contribution < 1.29 is 0 Å². The van der Waals surface area contributed by atoms with Crippen molar-refractivity contribution >= 4 is 38.8 Å². The van der Waals surface area contributed by atoms with Crippen LogP contribution in [0.2, 0.25) is 0 Å². The first kappa shape index (κ1) is 30.7. The normalized spacial score (nSPS) is 13.5. The number of nitrogens with zero attached hydrogens (tertiary/aromatic N) is 5. The standard InChI is InChI=1S/C46H37N5/c1-32-16-6-5-15-29-50(36-21-11-4-12-22-36)42-31-40-38-23-13-14-24-41(38)51(43(40)30-39(32)42)37-27-25-35(26-28-37)46-48-44(33-17-7-2-8-18-33)47-45(49-46)34-19-9-3-10-20-34/h2-4,7-14,17-28,30-31H,1,5-6,15-16,29H2. The molecule has 0 bridgehead atoms. The minimum Gasteiger partial charge on any atom is -0.341 e. The lowest BCUT2D eigenvalue weighted by molar-refractivity contribution is 0.698. The van der Waals surface area contributed by atoms with E-state index in [9.17, 15) is 0 Å². The van der Waals surface area contributed by atoms with E-state index in [-0.39, 0.29) is 0 Å². The molecule has 0 unspecified atom stereocenters. The Hall–Kier alpha value is -6.33. The molecule has 0 aliphatic carbocycles. The lowest BCUT2D eigenvalue weighted by atomic mass is 9.98. The van der Waals surface area contributed by atoms with Gasteiger partial charge in [-0.2, -0.15) is 0 Å². The monoisotopic (exact) mass is 659 g/mol. The second-order valence-corrected chi connectivity index (χ2v) is 13.2. The molecule has 2 aromatic heterocycles. The summed E-state index contributed by atoms with van der Waals surface area (Å²) in [6.07, 6.45) is 4.49. The van der Waals surface area contributed by atoms with E-state index in [1.807, 2.05) is 60.7 Å². The van der Waals surface area contributed by atoms with Crippen molar-refractivity contribution in [1.82, 2.24) is 19.5 Å². The van der Waals surface area contributed by atoms with Crippen LogP contribution in [0.5, 0.6) is 0 Å². The quantitative estimate of drug-likeness (QED) is 0.184. The third kappa shape index (κ3) is 5.77. The summed E-state index contributed by atoms with van der Waals surface area (Å²) in [6.45, 7) is 5.62. The molecule has 9 rings (SSSR count). The molecule has 6 aromatic carbocycles. The zero-order chi connectivity index (χ0) is 34.1. The van der Waals surface area contributed by atoms with E-state index < -0.39 is 0 Å². The number of para-hydroxylation sites is 2. The molecular weight excluding hydrogens is 623 g/mol. The van der Waals surface area contributed by atoms with E-state index in [1.54, 1.807) is 0 Å². The lowest BCUT2D eigenvalue weighted by Gasteiger charge is -2.27. The van der Waals surface area contributed by atoms with Gasteiger partial charge in [0.25, 0.3) is 0 Å². The van der Waals surface area contributed by atoms with E-state index in [1.165, 1.54) is 50.7 Å². The minimum absolute atomic E-state index is 0.645. The van der Waals surface area contributed by atoms with Crippen LogP contribution in [0.1, 0.15) is 31.2 Å². The summed E-state index contributed by atoms with van der Waals surface area (Å²) in [4.78, 5) is 17.3. The fourth-order valence-electron chi connectivity index (χ4n) is 7.40. The van der Waals surface area contributed by atoms with Crippen molar-refractivity contribution in [1.29, 1.82) is 0 Å². The maximum Gasteiger partial charge on any atom is 0.164 e. The van der Waals surface area contributed by atoms with E-state index in [0.717, 1.165) is 48.2 Å². The molecule has 0 spiro atoms. The summed E-state index contributed by atoms with van der Waals surface area (Å²) in [5.74, 6) is 1.96. The third-order valence-electron chi connectivity index (χ3n) is 9.97. The predicted molar refractivity (Wildman–Crippen MR) is 211 cm³/mol. The predicted octanol–water partition coefficient (Wildman–Crippen LogP) is 11.7. The van der Waals surface area contributed by atoms with Crippen LogP contribution in [0, 0.1) is 0 Å². The highest BCUT2D eigenvalue weighted by Gasteiger charge is 2.22. The molecule has 0 N–H and O–H groups in total. The summed E-state index contributed by atoms with van der Waals surface area (Å²) >= 11 is 0. The highest BCUT2D eigenvalue weighted by molar-refractivity contribution is 6.11. The van der Waals surface area contributed by atoms with Gasteiger partial charge in [0.05, 0.1) is 11.0 Å². The number of rotatable bonds is 5. The fourth-order valence-corrected chi connectivity index (χ4v) is 7.40. The maximum atomic E-state index is 4.96. The molecule has 246 valence electrons. The Morgan fingerprint density at radius 3 is 1.69 bits per heavy atom. The molecule has 1 aliphatic heterocycles. The molecule has 5 heteroatoms. The zero-order valence-electron chi connectivity index (χ0n) is 28.4.